The molecule has 0 atom stereocenters. The third kappa shape index (κ3) is 3.62. The van der Waals surface area contributed by atoms with Crippen molar-refractivity contribution in [3.05, 3.63) is 59.4 Å². The summed E-state index contributed by atoms with van der Waals surface area (Å²) in [5, 5.41) is 0. The molecule has 0 saturated heterocycles. The minimum atomic E-state index is -0.106. The fourth-order valence-corrected chi connectivity index (χ4v) is 3.40. The number of amides is 2. The lowest BCUT2D eigenvalue weighted by Gasteiger charge is -2.21. The normalized spacial score (nSPS) is 12.8. The SMILES string of the molecule is CCCN(CCC)C(=O)c1cc(C(=O)N2CCc3ccccc32)ccn1. The highest BCUT2D eigenvalue weighted by Gasteiger charge is 2.26. The van der Waals surface area contributed by atoms with Gasteiger partial charge in [0.25, 0.3) is 11.8 Å². The first-order chi connectivity index (χ1) is 12.7. The van der Waals surface area contributed by atoms with Crippen molar-refractivity contribution in [3.63, 3.8) is 0 Å². The molecule has 0 saturated carbocycles. The molecule has 3 rings (SSSR count). The van der Waals surface area contributed by atoms with Gasteiger partial charge in [-0.25, -0.2) is 0 Å². The highest BCUT2D eigenvalue weighted by Crippen LogP contribution is 2.28. The summed E-state index contributed by atoms with van der Waals surface area (Å²) in [6.07, 6.45) is 4.21. The topological polar surface area (TPSA) is 53.5 Å². The van der Waals surface area contributed by atoms with Gasteiger partial charge in [0.15, 0.2) is 0 Å². The molecule has 0 aliphatic carbocycles. The van der Waals surface area contributed by atoms with E-state index in [1.807, 2.05) is 36.9 Å². The minimum absolute atomic E-state index is 0.0797. The molecule has 0 spiro atoms. The van der Waals surface area contributed by atoms with Gasteiger partial charge in [-0.1, -0.05) is 32.0 Å². The lowest BCUT2D eigenvalue weighted by molar-refractivity contribution is 0.0749. The minimum Gasteiger partial charge on any atom is -0.337 e. The van der Waals surface area contributed by atoms with Crippen molar-refractivity contribution >= 4 is 17.5 Å². The summed E-state index contributed by atoms with van der Waals surface area (Å²) >= 11 is 0. The van der Waals surface area contributed by atoms with Gasteiger partial charge in [0.2, 0.25) is 0 Å². The molecule has 0 radical (unpaired) electrons. The van der Waals surface area contributed by atoms with Crippen LogP contribution in [0, 0.1) is 0 Å². The summed E-state index contributed by atoms with van der Waals surface area (Å²) in [5.74, 6) is -0.186. The number of nitrogens with zero attached hydrogens (tertiary/aromatic N) is 3. The Morgan fingerprint density at radius 3 is 2.58 bits per heavy atom. The van der Waals surface area contributed by atoms with Crippen LogP contribution in [0.2, 0.25) is 0 Å². The van der Waals surface area contributed by atoms with Crippen LogP contribution in [0.25, 0.3) is 0 Å². The van der Waals surface area contributed by atoms with Crippen molar-refractivity contribution in [1.29, 1.82) is 0 Å². The summed E-state index contributed by atoms with van der Waals surface area (Å²) in [4.78, 5) is 33.5. The van der Waals surface area contributed by atoms with E-state index in [9.17, 15) is 9.59 Å². The smallest absolute Gasteiger partial charge is 0.272 e. The molecule has 1 aliphatic heterocycles. The quantitative estimate of drug-likeness (QED) is 0.800. The highest BCUT2D eigenvalue weighted by atomic mass is 16.2. The molecular formula is C21H25N3O2. The van der Waals surface area contributed by atoms with E-state index in [-0.39, 0.29) is 11.8 Å². The predicted octanol–water partition coefficient (Wildman–Crippen LogP) is 3.55. The van der Waals surface area contributed by atoms with E-state index in [0.29, 0.717) is 30.9 Å². The molecule has 1 aromatic carbocycles. The van der Waals surface area contributed by atoms with Gasteiger partial charge in [-0.05, 0) is 43.0 Å². The maximum absolute atomic E-state index is 13.0. The lowest BCUT2D eigenvalue weighted by Crippen LogP contribution is -2.33. The van der Waals surface area contributed by atoms with Crippen molar-refractivity contribution in [2.45, 2.75) is 33.1 Å². The summed E-state index contributed by atoms with van der Waals surface area (Å²) in [5.41, 5.74) is 2.99. The van der Waals surface area contributed by atoms with Crippen LogP contribution < -0.4 is 4.90 Å². The molecule has 0 bridgehead atoms. The van der Waals surface area contributed by atoms with Crippen LogP contribution in [0.3, 0.4) is 0 Å². The van der Waals surface area contributed by atoms with Crippen LogP contribution in [0.1, 0.15) is 53.1 Å². The average Bonchev–Trinajstić information content (AvgIpc) is 3.11. The number of rotatable bonds is 6. The van der Waals surface area contributed by atoms with Gasteiger partial charge in [-0.15, -0.1) is 0 Å². The van der Waals surface area contributed by atoms with Crippen LogP contribution in [0.5, 0.6) is 0 Å². The van der Waals surface area contributed by atoms with Crippen LogP contribution >= 0.6 is 0 Å². The van der Waals surface area contributed by atoms with E-state index >= 15 is 0 Å². The van der Waals surface area contributed by atoms with Gasteiger partial charge >= 0.3 is 0 Å². The van der Waals surface area contributed by atoms with Crippen molar-refractivity contribution in [1.82, 2.24) is 9.88 Å². The third-order valence-corrected chi connectivity index (χ3v) is 4.63. The Morgan fingerprint density at radius 2 is 1.85 bits per heavy atom. The number of hydrogen-bond acceptors (Lipinski definition) is 3. The molecule has 5 nitrogen and oxygen atoms in total. The Balaban J connectivity index is 1.83. The van der Waals surface area contributed by atoms with Crippen molar-refractivity contribution < 1.29 is 9.59 Å². The maximum atomic E-state index is 13.0. The molecule has 5 heteroatoms. The molecule has 2 heterocycles. The zero-order valence-corrected chi connectivity index (χ0v) is 15.4. The number of aromatic nitrogens is 1. The van der Waals surface area contributed by atoms with E-state index in [1.165, 1.54) is 5.56 Å². The highest BCUT2D eigenvalue weighted by molar-refractivity contribution is 6.08. The molecule has 1 aromatic heterocycles. The second-order valence-corrected chi connectivity index (χ2v) is 6.56. The lowest BCUT2D eigenvalue weighted by atomic mass is 10.1. The summed E-state index contributed by atoms with van der Waals surface area (Å²) in [6.45, 7) is 6.17. The van der Waals surface area contributed by atoms with E-state index in [1.54, 1.807) is 23.2 Å². The molecule has 2 amide bonds. The second kappa shape index (κ2) is 8.13. The number of benzene rings is 1. The largest absolute Gasteiger partial charge is 0.337 e. The average molecular weight is 351 g/mol. The van der Waals surface area contributed by atoms with E-state index in [4.69, 9.17) is 0 Å². The number of carbonyl (C=O) groups excluding carboxylic acids is 2. The van der Waals surface area contributed by atoms with Gasteiger partial charge in [0.05, 0.1) is 0 Å². The zero-order chi connectivity index (χ0) is 18.5. The van der Waals surface area contributed by atoms with Gasteiger partial charge in [-0.2, -0.15) is 0 Å². The first kappa shape index (κ1) is 18.1. The predicted molar refractivity (Wildman–Crippen MR) is 103 cm³/mol. The number of carbonyl (C=O) groups is 2. The summed E-state index contributed by atoms with van der Waals surface area (Å²) < 4.78 is 0. The fourth-order valence-electron chi connectivity index (χ4n) is 3.40. The molecule has 0 unspecified atom stereocenters. The molecule has 1 aliphatic rings. The molecule has 0 fully saturated rings. The standard InChI is InChI=1S/C21H25N3O2/c1-3-12-23(13-4-2)21(26)18-15-17(9-11-22-18)20(25)24-14-10-16-7-5-6-8-19(16)24/h5-9,11,15H,3-4,10,12-14H2,1-2H3. The van der Waals surface area contributed by atoms with E-state index < -0.39 is 0 Å². The van der Waals surface area contributed by atoms with E-state index in [0.717, 1.165) is 24.9 Å². The second-order valence-electron chi connectivity index (χ2n) is 6.56. The third-order valence-electron chi connectivity index (χ3n) is 4.63. The first-order valence-corrected chi connectivity index (χ1v) is 9.30. The Kier molecular flexibility index (Phi) is 5.66. The maximum Gasteiger partial charge on any atom is 0.272 e. The molecular weight excluding hydrogens is 326 g/mol. The number of fused-ring (bicyclic) bond motifs is 1. The van der Waals surface area contributed by atoms with Crippen LogP contribution in [0.15, 0.2) is 42.6 Å². The Bertz CT molecular complexity index is 797. The Morgan fingerprint density at radius 1 is 1.12 bits per heavy atom. The van der Waals surface area contributed by atoms with Gasteiger partial charge in [0.1, 0.15) is 5.69 Å². The molecule has 136 valence electrons. The zero-order valence-electron chi connectivity index (χ0n) is 15.4. The van der Waals surface area contributed by atoms with Crippen LogP contribution in [0.4, 0.5) is 5.69 Å². The molecule has 2 aromatic rings. The Hall–Kier alpha value is -2.69. The Labute approximate surface area is 154 Å². The number of pyridine rings is 1. The summed E-state index contributed by atoms with van der Waals surface area (Å²) in [7, 11) is 0. The fraction of sp³-hybridized carbons (Fsp3) is 0.381. The van der Waals surface area contributed by atoms with Crippen LogP contribution in [-0.4, -0.2) is 41.3 Å². The number of para-hydroxylation sites is 1. The van der Waals surface area contributed by atoms with Gasteiger partial charge < -0.3 is 9.80 Å². The number of anilines is 1. The van der Waals surface area contributed by atoms with Gasteiger partial charge in [0, 0.05) is 37.1 Å². The molecule has 0 N–H and O–H groups in total. The molecule has 26 heavy (non-hydrogen) atoms. The van der Waals surface area contributed by atoms with Crippen molar-refractivity contribution in [2.24, 2.45) is 0 Å². The first-order valence-electron chi connectivity index (χ1n) is 9.30. The monoisotopic (exact) mass is 351 g/mol. The van der Waals surface area contributed by atoms with Crippen molar-refractivity contribution in [2.75, 3.05) is 24.5 Å². The van der Waals surface area contributed by atoms with E-state index in [2.05, 4.69) is 11.1 Å². The van der Waals surface area contributed by atoms with Crippen LogP contribution in [-0.2, 0) is 6.42 Å². The van der Waals surface area contributed by atoms with Crippen molar-refractivity contribution in [3.8, 4) is 0 Å². The van der Waals surface area contributed by atoms with Gasteiger partial charge in [-0.3, -0.25) is 14.6 Å². The summed E-state index contributed by atoms with van der Waals surface area (Å²) in [6, 6.07) is 11.3. The number of hydrogen-bond donors (Lipinski definition) is 0.